The van der Waals surface area contributed by atoms with Crippen LogP contribution in [0.15, 0.2) is 48.5 Å². The van der Waals surface area contributed by atoms with E-state index >= 15 is 0 Å². The van der Waals surface area contributed by atoms with Gasteiger partial charge in [-0.15, -0.1) is 0 Å². The van der Waals surface area contributed by atoms with Crippen molar-refractivity contribution in [3.05, 3.63) is 60.0 Å². The highest BCUT2D eigenvalue weighted by Crippen LogP contribution is 2.24. The maximum atomic E-state index is 13.8. The zero-order chi connectivity index (χ0) is 13.2. The highest BCUT2D eigenvalue weighted by Gasteiger charge is 2.13. The molecule has 0 atom stereocenters. The molecule has 0 saturated heterocycles. The number of rotatable bonds is 2. The summed E-state index contributed by atoms with van der Waals surface area (Å²) in [6.45, 7) is 0. The van der Waals surface area contributed by atoms with Crippen molar-refractivity contribution in [1.82, 2.24) is 9.97 Å². The van der Waals surface area contributed by atoms with E-state index in [1.807, 2.05) is 12.1 Å². The number of carbonyl (C=O) groups excluding carboxylic acids is 1. The molecule has 3 nitrogen and oxygen atoms in total. The summed E-state index contributed by atoms with van der Waals surface area (Å²) in [4.78, 5) is 19.7. The molecule has 1 aromatic heterocycles. The summed E-state index contributed by atoms with van der Waals surface area (Å²) >= 11 is 0. The standard InChI is InChI=1S/C15H9FN2O/c16-11-6-2-1-5-10(11)15-14(9-19)17-12-7-3-4-8-13(12)18-15/h1-9H. The Kier molecular flexibility index (Phi) is 2.76. The lowest BCUT2D eigenvalue weighted by Crippen LogP contribution is -1.99. The van der Waals surface area contributed by atoms with Crippen LogP contribution in [0.4, 0.5) is 4.39 Å². The van der Waals surface area contributed by atoms with E-state index in [4.69, 9.17) is 0 Å². The minimum Gasteiger partial charge on any atom is -0.296 e. The number of aromatic nitrogens is 2. The van der Waals surface area contributed by atoms with E-state index < -0.39 is 5.82 Å². The number of benzene rings is 2. The molecule has 0 aliphatic heterocycles. The van der Waals surface area contributed by atoms with Gasteiger partial charge in [-0.25, -0.2) is 14.4 Å². The fraction of sp³-hybridized carbons (Fsp3) is 0. The summed E-state index contributed by atoms with van der Waals surface area (Å²) in [7, 11) is 0. The molecule has 3 rings (SSSR count). The second kappa shape index (κ2) is 4.57. The fourth-order valence-corrected chi connectivity index (χ4v) is 1.95. The molecule has 19 heavy (non-hydrogen) atoms. The molecule has 3 aromatic rings. The molecule has 0 radical (unpaired) electrons. The minimum absolute atomic E-state index is 0.142. The van der Waals surface area contributed by atoms with Crippen LogP contribution in [0, 0.1) is 5.82 Å². The molecule has 0 unspecified atom stereocenters. The Labute approximate surface area is 108 Å². The van der Waals surface area contributed by atoms with Gasteiger partial charge in [-0.3, -0.25) is 4.79 Å². The summed E-state index contributed by atoms with van der Waals surface area (Å²) in [5, 5.41) is 0. The molecule has 2 aromatic carbocycles. The van der Waals surface area contributed by atoms with Crippen LogP contribution in [0.1, 0.15) is 10.5 Å². The van der Waals surface area contributed by atoms with Crippen molar-refractivity contribution in [2.24, 2.45) is 0 Å². The first kappa shape index (κ1) is 11.5. The molecule has 0 aliphatic rings. The van der Waals surface area contributed by atoms with Gasteiger partial charge in [0.05, 0.1) is 11.0 Å². The van der Waals surface area contributed by atoms with Gasteiger partial charge in [0.15, 0.2) is 6.29 Å². The lowest BCUT2D eigenvalue weighted by atomic mass is 10.1. The average Bonchev–Trinajstić information content (AvgIpc) is 2.46. The maximum absolute atomic E-state index is 13.8. The third-order valence-corrected chi connectivity index (χ3v) is 2.84. The summed E-state index contributed by atoms with van der Waals surface area (Å²) in [5.41, 5.74) is 1.94. The van der Waals surface area contributed by atoms with Gasteiger partial charge in [0.25, 0.3) is 0 Å². The van der Waals surface area contributed by atoms with Crippen LogP contribution in [-0.2, 0) is 0 Å². The van der Waals surface area contributed by atoms with E-state index in [-0.39, 0.29) is 17.0 Å². The molecule has 92 valence electrons. The molecule has 4 heteroatoms. The van der Waals surface area contributed by atoms with Crippen molar-refractivity contribution in [3.8, 4) is 11.3 Å². The summed E-state index contributed by atoms with van der Waals surface area (Å²) in [6.07, 6.45) is 0.598. The molecule has 0 spiro atoms. The molecular weight excluding hydrogens is 243 g/mol. The van der Waals surface area contributed by atoms with Gasteiger partial charge in [0, 0.05) is 5.56 Å². The second-order valence-corrected chi connectivity index (χ2v) is 4.04. The van der Waals surface area contributed by atoms with Crippen LogP contribution < -0.4 is 0 Å². The Balaban J connectivity index is 2.34. The van der Waals surface area contributed by atoms with Gasteiger partial charge < -0.3 is 0 Å². The number of hydrogen-bond acceptors (Lipinski definition) is 3. The predicted octanol–water partition coefficient (Wildman–Crippen LogP) is 3.25. The molecule has 0 fully saturated rings. The first-order chi connectivity index (χ1) is 9.29. The highest BCUT2D eigenvalue weighted by molar-refractivity contribution is 5.88. The molecule has 0 saturated carbocycles. The Morgan fingerprint density at radius 3 is 2.21 bits per heavy atom. The van der Waals surface area contributed by atoms with Crippen LogP contribution in [0.2, 0.25) is 0 Å². The van der Waals surface area contributed by atoms with Crippen LogP contribution in [0.5, 0.6) is 0 Å². The van der Waals surface area contributed by atoms with Crippen molar-refractivity contribution in [3.63, 3.8) is 0 Å². The molecular formula is C15H9FN2O. The van der Waals surface area contributed by atoms with Gasteiger partial charge in [-0.2, -0.15) is 0 Å². The minimum atomic E-state index is -0.421. The van der Waals surface area contributed by atoms with E-state index in [1.165, 1.54) is 6.07 Å². The van der Waals surface area contributed by atoms with Gasteiger partial charge in [0.2, 0.25) is 0 Å². The molecule has 0 N–H and O–H groups in total. The lowest BCUT2D eigenvalue weighted by Gasteiger charge is -2.06. The third-order valence-electron chi connectivity index (χ3n) is 2.84. The average molecular weight is 252 g/mol. The predicted molar refractivity (Wildman–Crippen MR) is 70.3 cm³/mol. The molecule has 1 heterocycles. The Morgan fingerprint density at radius 1 is 0.895 bits per heavy atom. The monoisotopic (exact) mass is 252 g/mol. The van der Waals surface area contributed by atoms with Crippen molar-refractivity contribution in [1.29, 1.82) is 0 Å². The van der Waals surface area contributed by atoms with E-state index in [1.54, 1.807) is 30.3 Å². The Hall–Kier alpha value is -2.62. The largest absolute Gasteiger partial charge is 0.296 e. The fourth-order valence-electron chi connectivity index (χ4n) is 1.95. The van der Waals surface area contributed by atoms with Crippen molar-refractivity contribution >= 4 is 17.3 Å². The number of para-hydroxylation sites is 2. The number of aldehydes is 1. The zero-order valence-corrected chi connectivity index (χ0v) is 9.88. The summed E-state index contributed by atoms with van der Waals surface area (Å²) in [6, 6.07) is 13.4. The number of nitrogens with zero attached hydrogens (tertiary/aromatic N) is 2. The Bertz CT molecular complexity index is 771. The molecule has 0 amide bonds. The van der Waals surface area contributed by atoms with E-state index in [0.29, 0.717) is 17.3 Å². The SMILES string of the molecule is O=Cc1nc2ccccc2nc1-c1ccccc1F. The zero-order valence-electron chi connectivity index (χ0n) is 9.88. The van der Waals surface area contributed by atoms with Crippen LogP contribution >= 0.6 is 0 Å². The summed E-state index contributed by atoms with van der Waals surface area (Å²) in [5.74, 6) is -0.421. The number of hydrogen-bond donors (Lipinski definition) is 0. The number of fused-ring (bicyclic) bond motifs is 1. The normalized spacial score (nSPS) is 10.6. The smallest absolute Gasteiger partial charge is 0.170 e. The van der Waals surface area contributed by atoms with Crippen LogP contribution in [-0.4, -0.2) is 16.3 Å². The topological polar surface area (TPSA) is 42.9 Å². The first-order valence-electron chi connectivity index (χ1n) is 5.76. The third kappa shape index (κ3) is 1.97. The number of halogens is 1. The second-order valence-electron chi connectivity index (χ2n) is 4.04. The molecule has 0 bridgehead atoms. The van der Waals surface area contributed by atoms with E-state index in [9.17, 15) is 9.18 Å². The van der Waals surface area contributed by atoms with Gasteiger partial charge >= 0.3 is 0 Å². The number of carbonyl (C=O) groups is 1. The lowest BCUT2D eigenvalue weighted by molar-refractivity contribution is 0.111. The Morgan fingerprint density at radius 2 is 1.53 bits per heavy atom. The van der Waals surface area contributed by atoms with Gasteiger partial charge in [-0.1, -0.05) is 24.3 Å². The maximum Gasteiger partial charge on any atom is 0.170 e. The van der Waals surface area contributed by atoms with Crippen LogP contribution in [0.25, 0.3) is 22.3 Å². The summed E-state index contributed by atoms with van der Waals surface area (Å²) < 4.78 is 13.8. The van der Waals surface area contributed by atoms with Crippen LogP contribution in [0.3, 0.4) is 0 Å². The van der Waals surface area contributed by atoms with E-state index in [0.717, 1.165) is 0 Å². The quantitative estimate of drug-likeness (QED) is 0.657. The first-order valence-corrected chi connectivity index (χ1v) is 5.76. The van der Waals surface area contributed by atoms with E-state index in [2.05, 4.69) is 9.97 Å². The van der Waals surface area contributed by atoms with Crippen molar-refractivity contribution in [2.75, 3.05) is 0 Å². The van der Waals surface area contributed by atoms with Crippen molar-refractivity contribution in [2.45, 2.75) is 0 Å². The highest BCUT2D eigenvalue weighted by atomic mass is 19.1. The van der Waals surface area contributed by atoms with Gasteiger partial charge in [-0.05, 0) is 24.3 Å². The molecule has 0 aliphatic carbocycles. The van der Waals surface area contributed by atoms with Crippen molar-refractivity contribution < 1.29 is 9.18 Å². The van der Waals surface area contributed by atoms with Gasteiger partial charge in [0.1, 0.15) is 17.2 Å².